The van der Waals surface area contributed by atoms with Gasteiger partial charge < -0.3 is 15.4 Å². The van der Waals surface area contributed by atoms with Gasteiger partial charge in [0.25, 0.3) is 0 Å². The van der Waals surface area contributed by atoms with Crippen LogP contribution in [0.4, 0.5) is 10.1 Å². The predicted octanol–water partition coefficient (Wildman–Crippen LogP) is 3.93. The zero-order chi connectivity index (χ0) is 18.9. The number of rotatable bonds is 4. The molecule has 0 spiro atoms. The lowest BCUT2D eigenvalue weighted by Gasteiger charge is -2.29. The Morgan fingerprint density at radius 3 is 2.59 bits per heavy atom. The van der Waals surface area contributed by atoms with E-state index >= 15 is 0 Å². The summed E-state index contributed by atoms with van der Waals surface area (Å²) in [5.41, 5.74) is 2.36. The molecule has 2 aromatic carbocycles. The van der Waals surface area contributed by atoms with Crippen LogP contribution in [0.1, 0.15) is 42.4 Å². The fraction of sp³-hybridized carbons (Fsp3) is 0.409. The van der Waals surface area contributed by atoms with E-state index in [1.165, 1.54) is 0 Å². The fourth-order valence-electron chi connectivity index (χ4n) is 4.41. The summed E-state index contributed by atoms with van der Waals surface area (Å²) in [4.78, 5) is 13.3. The van der Waals surface area contributed by atoms with Crippen LogP contribution in [0.15, 0.2) is 36.4 Å². The lowest BCUT2D eigenvalue weighted by Crippen LogP contribution is -2.38. The van der Waals surface area contributed by atoms with E-state index < -0.39 is 5.41 Å². The molecule has 142 valence electrons. The number of carbonyl (C=O) groups excluding carboxylic acids is 1. The maximum Gasteiger partial charge on any atom is 0.235 e. The normalized spacial score (nSPS) is 18.0. The smallest absolute Gasteiger partial charge is 0.235 e. The van der Waals surface area contributed by atoms with Gasteiger partial charge in [0.1, 0.15) is 11.6 Å². The molecular formula is C22H25FN2O2. The summed E-state index contributed by atoms with van der Waals surface area (Å²) in [6.07, 6.45) is 4.20. The van der Waals surface area contributed by atoms with Crippen molar-refractivity contribution < 1.29 is 13.9 Å². The van der Waals surface area contributed by atoms with E-state index in [2.05, 4.69) is 10.6 Å². The Labute approximate surface area is 159 Å². The summed E-state index contributed by atoms with van der Waals surface area (Å²) in [5, 5.41) is 6.15. The van der Waals surface area contributed by atoms with Crippen LogP contribution in [0.2, 0.25) is 0 Å². The van der Waals surface area contributed by atoms with Crippen LogP contribution >= 0.6 is 0 Å². The van der Waals surface area contributed by atoms with Crippen LogP contribution in [0.25, 0.3) is 0 Å². The van der Waals surface area contributed by atoms with Gasteiger partial charge in [-0.15, -0.1) is 0 Å². The quantitative estimate of drug-likeness (QED) is 0.860. The first-order chi connectivity index (χ1) is 13.1. The van der Waals surface area contributed by atoms with Crippen molar-refractivity contribution in [1.29, 1.82) is 0 Å². The SMILES string of the molecule is COc1ccc(C2(C(=O)Nc3ccc4c(c3F)CCNC4)CCCC2)cc1. The first-order valence-corrected chi connectivity index (χ1v) is 9.61. The molecule has 5 heteroatoms. The van der Waals surface area contributed by atoms with E-state index in [-0.39, 0.29) is 11.7 Å². The van der Waals surface area contributed by atoms with Crippen molar-refractivity contribution in [1.82, 2.24) is 5.32 Å². The summed E-state index contributed by atoms with van der Waals surface area (Å²) in [6.45, 7) is 1.44. The second-order valence-corrected chi connectivity index (χ2v) is 7.46. The first kappa shape index (κ1) is 18.0. The van der Waals surface area contributed by atoms with Gasteiger partial charge in [-0.05, 0) is 60.7 Å². The molecule has 1 fully saturated rings. The molecule has 1 amide bonds. The zero-order valence-electron chi connectivity index (χ0n) is 15.6. The van der Waals surface area contributed by atoms with Gasteiger partial charge in [-0.25, -0.2) is 4.39 Å². The van der Waals surface area contributed by atoms with Gasteiger partial charge in [-0.3, -0.25) is 4.79 Å². The molecule has 2 N–H and O–H groups in total. The number of hydrogen-bond donors (Lipinski definition) is 2. The number of amides is 1. The standard InChI is InChI=1S/C22H25FN2O2/c1-27-17-7-5-16(6-8-17)22(11-2-3-12-22)21(26)25-19-9-4-15-14-24-13-10-18(15)20(19)23/h4-9,24H,2-3,10-14H2,1H3,(H,25,26). The number of halogens is 1. The average molecular weight is 368 g/mol. The van der Waals surface area contributed by atoms with Gasteiger partial charge in [0.2, 0.25) is 5.91 Å². The second kappa shape index (κ2) is 7.31. The molecule has 4 rings (SSSR count). The van der Waals surface area contributed by atoms with Crippen molar-refractivity contribution in [2.45, 2.75) is 44.1 Å². The van der Waals surface area contributed by atoms with Crippen LogP contribution in [0.5, 0.6) is 5.75 Å². The Morgan fingerprint density at radius 1 is 1.15 bits per heavy atom. The minimum atomic E-state index is -0.601. The largest absolute Gasteiger partial charge is 0.497 e. The molecule has 0 bridgehead atoms. The van der Waals surface area contributed by atoms with E-state index in [9.17, 15) is 9.18 Å². The molecule has 4 nitrogen and oxygen atoms in total. The maximum atomic E-state index is 15.0. The lowest BCUT2D eigenvalue weighted by atomic mass is 9.78. The highest BCUT2D eigenvalue weighted by Crippen LogP contribution is 2.42. The van der Waals surface area contributed by atoms with Crippen molar-refractivity contribution in [2.75, 3.05) is 19.0 Å². The second-order valence-electron chi connectivity index (χ2n) is 7.46. The minimum absolute atomic E-state index is 0.113. The highest BCUT2D eigenvalue weighted by molar-refractivity contribution is 5.99. The van der Waals surface area contributed by atoms with Crippen LogP contribution in [-0.4, -0.2) is 19.6 Å². The summed E-state index contributed by atoms with van der Waals surface area (Å²) in [7, 11) is 1.63. The third-order valence-corrected chi connectivity index (χ3v) is 5.99. The molecule has 2 aromatic rings. The van der Waals surface area contributed by atoms with Crippen molar-refractivity contribution in [2.24, 2.45) is 0 Å². The summed E-state index contributed by atoms with van der Waals surface area (Å²) >= 11 is 0. The lowest BCUT2D eigenvalue weighted by molar-refractivity contribution is -0.121. The molecule has 0 atom stereocenters. The van der Waals surface area contributed by atoms with Gasteiger partial charge >= 0.3 is 0 Å². The van der Waals surface area contributed by atoms with Gasteiger partial charge in [0, 0.05) is 6.54 Å². The number of nitrogens with one attached hydrogen (secondary N) is 2. The molecule has 1 saturated carbocycles. The van der Waals surface area contributed by atoms with Gasteiger partial charge in [0.05, 0.1) is 18.2 Å². The van der Waals surface area contributed by atoms with Gasteiger partial charge in [-0.2, -0.15) is 0 Å². The number of fused-ring (bicyclic) bond motifs is 1. The van der Waals surface area contributed by atoms with Gasteiger partial charge in [0.15, 0.2) is 0 Å². The number of anilines is 1. The van der Waals surface area contributed by atoms with Crippen LogP contribution in [-0.2, 0) is 23.2 Å². The molecule has 2 aliphatic rings. The van der Waals surface area contributed by atoms with Gasteiger partial charge in [-0.1, -0.05) is 31.0 Å². The number of carbonyl (C=O) groups is 1. The molecule has 1 heterocycles. The highest BCUT2D eigenvalue weighted by Gasteiger charge is 2.43. The number of methoxy groups -OCH3 is 1. The van der Waals surface area contributed by atoms with Crippen molar-refractivity contribution >= 4 is 11.6 Å². The molecule has 1 aliphatic heterocycles. The van der Waals surface area contributed by atoms with E-state index in [1.54, 1.807) is 13.2 Å². The monoisotopic (exact) mass is 368 g/mol. The molecular weight excluding hydrogens is 343 g/mol. The third-order valence-electron chi connectivity index (χ3n) is 5.99. The van der Waals surface area contributed by atoms with E-state index in [4.69, 9.17) is 4.74 Å². The van der Waals surface area contributed by atoms with E-state index in [0.29, 0.717) is 18.7 Å². The van der Waals surface area contributed by atoms with Crippen molar-refractivity contribution in [3.8, 4) is 5.75 Å². The minimum Gasteiger partial charge on any atom is -0.497 e. The number of hydrogen-bond acceptors (Lipinski definition) is 3. The fourth-order valence-corrected chi connectivity index (χ4v) is 4.41. The average Bonchev–Trinajstić information content (AvgIpc) is 3.21. The van der Waals surface area contributed by atoms with Crippen LogP contribution < -0.4 is 15.4 Å². The molecule has 27 heavy (non-hydrogen) atoms. The Kier molecular flexibility index (Phi) is 4.87. The Morgan fingerprint density at radius 2 is 1.89 bits per heavy atom. The van der Waals surface area contributed by atoms with E-state index in [1.807, 2.05) is 30.3 Å². The molecule has 0 saturated heterocycles. The van der Waals surface area contributed by atoms with Crippen LogP contribution in [0, 0.1) is 5.82 Å². The summed E-state index contributed by atoms with van der Waals surface area (Å²) in [6, 6.07) is 11.3. The van der Waals surface area contributed by atoms with Crippen LogP contribution in [0.3, 0.4) is 0 Å². The first-order valence-electron chi connectivity index (χ1n) is 9.61. The summed E-state index contributed by atoms with van der Waals surface area (Å²) < 4.78 is 20.2. The Hall–Kier alpha value is -2.40. The Bertz CT molecular complexity index is 842. The molecule has 0 aromatic heterocycles. The van der Waals surface area contributed by atoms with E-state index in [0.717, 1.165) is 54.7 Å². The number of benzene rings is 2. The van der Waals surface area contributed by atoms with Crippen molar-refractivity contribution in [3.63, 3.8) is 0 Å². The summed E-state index contributed by atoms with van der Waals surface area (Å²) in [5.74, 6) is 0.366. The third kappa shape index (κ3) is 3.21. The maximum absolute atomic E-state index is 15.0. The Balaban J connectivity index is 1.63. The topological polar surface area (TPSA) is 50.4 Å². The molecule has 1 aliphatic carbocycles. The molecule has 0 unspecified atom stereocenters. The highest BCUT2D eigenvalue weighted by atomic mass is 19.1. The predicted molar refractivity (Wildman–Crippen MR) is 104 cm³/mol. The number of ether oxygens (including phenoxy) is 1. The molecule has 0 radical (unpaired) electrons. The zero-order valence-corrected chi connectivity index (χ0v) is 15.6. The van der Waals surface area contributed by atoms with Crippen molar-refractivity contribution in [3.05, 3.63) is 58.9 Å².